The van der Waals surface area contributed by atoms with E-state index in [0.717, 1.165) is 47.5 Å². The summed E-state index contributed by atoms with van der Waals surface area (Å²) in [6.07, 6.45) is 7.69. The van der Waals surface area contributed by atoms with Crippen LogP contribution in [0.15, 0.2) is 30.5 Å². The molecule has 2 aromatic heterocycles. The molecule has 6 nitrogen and oxygen atoms in total. The number of nitrogens with zero attached hydrogens (tertiary/aromatic N) is 3. The second-order valence-electron chi connectivity index (χ2n) is 6.63. The average Bonchev–Trinajstić information content (AvgIpc) is 3.12. The number of para-hydroxylation sites is 1. The minimum absolute atomic E-state index is 0.0420. The number of aromatic nitrogens is 4. The van der Waals surface area contributed by atoms with E-state index >= 15 is 0 Å². The summed E-state index contributed by atoms with van der Waals surface area (Å²) in [5, 5.41) is 12.7. The van der Waals surface area contributed by atoms with Crippen LogP contribution in [-0.4, -0.2) is 32.2 Å². The Morgan fingerprint density at radius 2 is 2.12 bits per heavy atom. The molecule has 0 saturated heterocycles. The smallest absolute Gasteiger partial charge is 0.224 e. The number of rotatable bonds is 5. The fourth-order valence-corrected chi connectivity index (χ4v) is 3.56. The van der Waals surface area contributed by atoms with Gasteiger partial charge in [0, 0.05) is 43.0 Å². The number of hydrogen-bond acceptors (Lipinski definition) is 3. The Balaban J connectivity index is 1.33. The third-order valence-corrected chi connectivity index (χ3v) is 4.88. The predicted octanol–water partition coefficient (Wildman–Crippen LogP) is 2.39. The molecule has 1 aliphatic rings. The van der Waals surface area contributed by atoms with E-state index in [9.17, 15) is 4.79 Å². The zero-order valence-electron chi connectivity index (χ0n) is 14.3. The van der Waals surface area contributed by atoms with E-state index in [4.69, 9.17) is 0 Å². The van der Waals surface area contributed by atoms with Gasteiger partial charge in [0.15, 0.2) is 0 Å². The number of benzene rings is 1. The van der Waals surface area contributed by atoms with Crippen LogP contribution in [0.1, 0.15) is 36.5 Å². The van der Waals surface area contributed by atoms with Crippen molar-refractivity contribution in [2.24, 2.45) is 0 Å². The van der Waals surface area contributed by atoms with Crippen molar-refractivity contribution in [3.63, 3.8) is 0 Å². The summed E-state index contributed by atoms with van der Waals surface area (Å²) in [4.78, 5) is 15.5. The number of nitrogens with one attached hydrogen (secondary N) is 2. The first-order chi connectivity index (χ1) is 12.3. The van der Waals surface area contributed by atoms with Gasteiger partial charge in [-0.1, -0.05) is 24.6 Å². The Kier molecular flexibility index (Phi) is 4.50. The molecule has 1 amide bonds. The monoisotopic (exact) mass is 337 g/mol. The molecule has 0 saturated carbocycles. The molecule has 1 aliphatic heterocycles. The lowest BCUT2D eigenvalue weighted by atomic mass is 10.1. The maximum absolute atomic E-state index is 12.3. The van der Waals surface area contributed by atoms with Crippen LogP contribution in [0, 0.1) is 0 Å². The number of carbonyl (C=O) groups excluding carboxylic acids is 1. The molecule has 6 heteroatoms. The Morgan fingerprint density at radius 3 is 3.08 bits per heavy atom. The molecule has 4 rings (SSSR count). The van der Waals surface area contributed by atoms with E-state index in [2.05, 4.69) is 25.1 Å². The zero-order valence-corrected chi connectivity index (χ0v) is 14.3. The fraction of sp³-hybridized carbons (Fsp3) is 0.421. The molecule has 3 heterocycles. The maximum atomic E-state index is 12.3. The van der Waals surface area contributed by atoms with E-state index in [1.165, 1.54) is 19.3 Å². The SMILES string of the molecule is O=C(Cc1c[nH]c2ccccc12)NCCc1nnc2n1CCCCC2. The van der Waals surface area contributed by atoms with Crippen molar-refractivity contribution in [1.82, 2.24) is 25.1 Å². The summed E-state index contributed by atoms with van der Waals surface area (Å²) in [5.41, 5.74) is 2.10. The third-order valence-electron chi connectivity index (χ3n) is 4.88. The summed E-state index contributed by atoms with van der Waals surface area (Å²) >= 11 is 0. The van der Waals surface area contributed by atoms with Gasteiger partial charge in [-0.25, -0.2) is 0 Å². The summed E-state index contributed by atoms with van der Waals surface area (Å²) < 4.78 is 2.23. The van der Waals surface area contributed by atoms with Crippen molar-refractivity contribution in [3.05, 3.63) is 47.7 Å². The maximum Gasteiger partial charge on any atom is 0.224 e. The average molecular weight is 337 g/mol. The molecule has 2 N–H and O–H groups in total. The van der Waals surface area contributed by atoms with Gasteiger partial charge in [-0.2, -0.15) is 0 Å². The second-order valence-corrected chi connectivity index (χ2v) is 6.63. The quantitative estimate of drug-likeness (QED) is 0.750. The van der Waals surface area contributed by atoms with Crippen LogP contribution < -0.4 is 5.32 Å². The van der Waals surface area contributed by atoms with E-state index in [0.29, 0.717) is 13.0 Å². The highest BCUT2D eigenvalue weighted by atomic mass is 16.1. The molecule has 0 unspecified atom stereocenters. The Labute approximate surface area is 146 Å². The summed E-state index contributed by atoms with van der Waals surface area (Å²) in [6.45, 7) is 1.60. The molecule has 25 heavy (non-hydrogen) atoms. The van der Waals surface area contributed by atoms with Crippen molar-refractivity contribution in [1.29, 1.82) is 0 Å². The molecule has 0 spiro atoms. The Hall–Kier alpha value is -2.63. The molecule has 0 fully saturated rings. The van der Waals surface area contributed by atoms with Gasteiger partial charge in [0.1, 0.15) is 11.6 Å². The first-order valence-corrected chi connectivity index (χ1v) is 9.04. The number of fused-ring (bicyclic) bond motifs is 2. The lowest BCUT2D eigenvalue weighted by molar-refractivity contribution is -0.120. The second kappa shape index (κ2) is 7.09. The number of hydrogen-bond donors (Lipinski definition) is 2. The van der Waals surface area contributed by atoms with Gasteiger partial charge in [0.25, 0.3) is 0 Å². The first-order valence-electron chi connectivity index (χ1n) is 9.04. The third kappa shape index (κ3) is 3.43. The molecule has 0 aliphatic carbocycles. The van der Waals surface area contributed by atoms with Gasteiger partial charge in [-0.05, 0) is 24.5 Å². The van der Waals surface area contributed by atoms with Crippen molar-refractivity contribution in [2.45, 2.75) is 45.1 Å². The number of aromatic amines is 1. The van der Waals surface area contributed by atoms with Crippen LogP contribution in [0.2, 0.25) is 0 Å². The number of amides is 1. The van der Waals surface area contributed by atoms with E-state index < -0.39 is 0 Å². The first kappa shape index (κ1) is 15.9. The van der Waals surface area contributed by atoms with Gasteiger partial charge in [-0.15, -0.1) is 10.2 Å². The Morgan fingerprint density at radius 1 is 1.20 bits per heavy atom. The van der Waals surface area contributed by atoms with Gasteiger partial charge in [0.05, 0.1) is 6.42 Å². The Bertz CT molecular complexity index is 879. The summed E-state index contributed by atoms with van der Waals surface area (Å²) in [6, 6.07) is 8.05. The predicted molar refractivity (Wildman–Crippen MR) is 96.3 cm³/mol. The van der Waals surface area contributed by atoms with Crippen LogP contribution in [-0.2, 0) is 30.6 Å². The van der Waals surface area contributed by atoms with E-state index in [-0.39, 0.29) is 5.91 Å². The van der Waals surface area contributed by atoms with Crippen molar-refractivity contribution in [3.8, 4) is 0 Å². The normalized spacial score (nSPS) is 14.2. The van der Waals surface area contributed by atoms with Crippen LogP contribution in [0.3, 0.4) is 0 Å². The lowest BCUT2D eigenvalue weighted by Gasteiger charge is -2.08. The number of H-pyrrole nitrogens is 1. The van der Waals surface area contributed by atoms with Crippen molar-refractivity contribution < 1.29 is 4.79 Å². The molecular weight excluding hydrogens is 314 g/mol. The fourth-order valence-electron chi connectivity index (χ4n) is 3.56. The lowest BCUT2D eigenvalue weighted by Crippen LogP contribution is -2.28. The highest BCUT2D eigenvalue weighted by molar-refractivity contribution is 5.88. The van der Waals surface area contributed by atoms with Gasteiger partial charge in [0.2, 0.25) is 5.91 Å². The molecule has 1 aromatic carbocycles. The highest BCUT2D eigenvalue weighted by Crippen LogP contribution is 2.18. The van der Waals surface area contributed by atoms with Crippen molar-refractivity contribution in [2.75, 3.05) is 6.54 Å². The van der Waals surface area contributed by atoms with Crippen molar-refractivity contribution >= 4 is 16.8 Å². The van der Waals surface area contributed by atoms with Crippen LogP contribution in [0.5, 0.6) is 0 Å². The largest absolute Gasteiger partial charge is 0.361 e. The summed E-state index contributed by atoms with van der Waals surface area (Å²) in [7, 11) is 0. The number of carbonyl (C=O) groups is 1. The van der Waals surface area contributed by atoms with E-state index in [1.807, 2.05) is 30.5 Å². The molecule has 3 aromatic rings. The van der Waals surface area contributed by atoms with Crippen LogP contribution in [0.25, 0.3) is 10.9 Å². The molecule has 0 radical (unpaired) electrons. The molecule has 130 valence electrons. The van der Waals surface area contributed by atoms with Gasteiger partial charge in [-0.3, -0.25) is 4.79 Å². The highest BCUT2D eigenvalue weighted by Gasteiger charge is 2.15. The minimum Gasteiger partial charge on any atom is -0.361 e. The molecule has 0 atom stereocenters. The van der Waals surface area contributed by atoms with Gasteiger partial charge < -0.3 is 14.9 Å². The standard InChI is InChI=1S/C19H23N5O/c25-19(12-14-13-21-16-7-4-3-6-15(14)16)20-10-9-18-23-22-17-8-2-1-5-11-24(17)18/h3-4,6-7,13,21H,1-2,5,8-12H2,(H,20,25). The minimum atomic E-state index is 0.0420. The van der Waals surface area contributed by atoms with Gasteiger partial charge >= 0.3 is 0 Å². The van der Waals surface area contributed by atoms with Crippen LogP contribution >= 0.6 is 0 Å². The van der Waals surface area contributed by atoms with Crippen LogP contribution in [0.4, 0.5) is 0 Å². The summed E-state index contributed by atoms with van der Waals surface area (Å²) in [5.74, 6) is 2.13. The molecule has 0 bridgehead atoms. The zero-order chi connectivity index (χ0) is 17.1. The number of aryl methyl sites for hydroxylation is 1. The topological polar surface area (TPSA) is 75.6 Å². The van der Waals surface area contributed by atoms with E-state index in [1.54, 1.807) is 0 Å². The molecular formula is C19H23N5O.